The van der Waals surface area contributed by atoms with E-state index in [-0.39, 0.29) is 5.91 Å². The van der Waals surface area contributed by atoms with Gasteiger partial charge in [0.25, 0.3) is 5.91 Å². The summed E-state index contributed by atoms with van der Waals surface area (Å²) in [7, 11) is 5.42. The highest BCUT2D eigenvalue weighted by Gasteiger charge is 2.38. The van der Waals surface area contributed by atoms with E-state index < -0.39 is 0 Å². The van der Waals surface area contributed by atoms with Crippen LogP contribution >= 0.6 is 11.8 Å². The standard InChI is InChI=1S/C21H32N4OS/c1-22-20(25-13-14-27-21(16-25)11-5-4-6-12-21)23-15-17-7-9-18(10-8-17)19(26)24(2)3/h7-10H,4-6,11-16H2,1-3H3,(H,22,23). The fourth-order valence-electron chi connectivity index (χ4n) is 4.06. The van der Waals surface area contributed by atoms with E-state index in [0.717, 1.165) is 36.7 Å². The molecule has 148 valence electrons. The lowest BCUT2D eigenvalue weighted by Crippen LogP contribution is -2.53. The molecule has 1 saturated carbocycles. The van der Waals surface area contributed by atoms with Gasteiger partial charge in [-0.1, -0.05) is 31.4 Å². The zero-order valence-electron chi connectivity index (χ0n) is 16.8. The third-order valence-corrected chi connectivity index (χ3v) is 7.12. The summed E-state index contributed by atoms with van der Waals surface area (Å²) in [5, 5.41) is 3.52. The van der Waals surface area contributed by atoms with Gasteiger partial charge >= 0.3 is 0 Å². The van der Waals surface area contributed by atoms with Crippen molar-refractivity contribution in [2.75, 3.05) is 40.0 Å². The Balaban J connectivity index is 1.58. The number of aliphatic imine (C=N–C) groups is 1. The average molecular weight is 389 g/mol. The van der Waals surface area contributed by atoms with Gasteiger partial charge in [0.1, 0.15) is 0 Å². The number of rotatable bonds is 3. The summed E-state index contributed by atoms with van der Waals surface area (Å²) in [6.07, 6.45) is 6.80. The number of amides is 1. The lowest BCUT2D eigenvalue weighted by molar-refractivity contribution is 0.0827. The Bertz CT molecular complexity index is 660. The molecular formula is C21H32N4OS. The van der Waals surface area contributed by atoms with Crippen molar-refractivity contribution in [1.82, 2.24) is 15.1 Å². The van der Waals surface area contributed by atoms with Gasteiger partial charge in [-0.15, -0.1) is 0 Å². The van der Waals surface area contributed by atoms with Crippen LogP contribution in [0.25, 0.3) is 0 Å². The van der Waals surface area contributed by atoms with Gasteiger partial charge in [-0.3, -0.25) is 9.79 Å². The number of carbonyl (C=O) groups is 1. The minimum absolute atomic E-state index is 0.0360. The molecule has 1 aliphatic carbocycles. The number of benzene rings is 1. The second-order valence-corrected chi connectivity index (χ2v) is 9.37. The molecule has 1 aromatic carbocycles. The Labute approximate surface area is 167 Å². The van der Waals surface area contributed by atoms with Crippen molar-refractivity contribution in [3.05, 3.63) is 35.4 Å². The Morgan fingerprint density at radius 2 is 1.93 bits per heavy atom. The molecule has 3 rings (SSSR count). The lowest BCUT2D eigenvalue weighted by Gasteiger charge is -2.45. The van der Waals surface area contributed by atoms with Gasteiger partial charge in [-0.05, 0) is 30.5 Å². The normalized spacial score (nSPS) is 19.8. The van der Waals surface area contributed by atoms with Gasteiger partial charge in [0.15, 0.2) is 5.96 Å². The molecule has 0 radical (unpaired) electrons. The zero-order valence-corrected chi connectivity index (χ0v) is 17.6. The van der Waals surface area contributed by atoms with Crippen LogP contribution in [0.15, 0.2) is 29.3 Å². The maximum Gasteiger partial charge on any atom is 0.253 e. The van der Waals surface area contributed by atoms with Crippen LogP contribution in [0.4, 0.5) is 0 Å². The molecule has 1 aliphatic heterocycles. The van der Waals surface area contributed by atoms with Crippen LogP contribution in [0.2, 0.25) is 0 Å². The van der Waals surface area contributed by atoms with Crippen molar-refractivity contribution in [3.63, 3.8) is 0 Å². The molecule has 27 heavy (non-hydrogen) atoms. The molecule has 0 atom stereocenters. The molecule has 1 amide bonds. The minimum atomic E-state index is 0.0360. The summed E-state index contributed by atoms with van der Waals surface area (Å²) >= 11 is 2.18. The second kappa shape index (κ2) is 9.00. The van der Waals surface area contributed by atoms with Crippen molar-refractivity contribution >= 4 is 23.6 Å². The molecule has 2 fully saturated rings. The van der Waals surface area contributed by atoms with E-state index in [1.54, 1.807) is 19.0 Å². The number of hydrogen-bond acceptors (Lipinski definition) is 3. The molecule has 2 aliphatic rings. The van der Waals surface area contributed by atoms with Crippen molar-refractivity contribution < 1.29 is 4.79 Å². The van der Waals surface area contributed by atoms with Gasteiger partial charge in [0.05, 0.1) is 0 Å². The predicted octanol–water partition coefficient (Wildman–Crippen LogP) is 3.22. The van der Waals surface area contributed by atoms with Gasteiger partial charge in [-0.2, -0.15) is 11.8 Å². The summed E-state index contributed by atoms with van der Waals surface area (Å²) in [5.41, 5.74) is 1.88. The third-order valence-electron chi connectivity index (χ3n) is 5.58. The second-order valence-electron chi connectivity index (χ2n) is 7.81. The quantitative estimate of drug-likeness (QED) is 0.638. The highest BCUT2D eigenvalue weighted by Crippen LogP contribution is 2.42. The van der Waals surface area contributed by atoms with Gasteiger partial charge < -0.3 is 15.1 Å². The molecule has 0 unspecified atom stereocenters. The molecular weight excluding hydrogens is 356 g/mol. The number of carbonyl (C=O) groups excluding carboxylic acids is 1. The summed E-state index contributed by atoms with van der Waals surface area (Å²) in [6, 6.07) is 7.84. The fraction of sp³-hybridized carbons (Fsp3) is 0.619. The Morgan fingerprint density at radius 1 is 1.22 bits per heavy atom. The number of nitrogens with one attached hydrogen (secondary N) is 1. The van der Waals surface area contributed by atoms with Crippen LogP contribution in [-0.4, -0.2) is 66.4 Å². The van der Waals surface area contributed by atoms with Crippen molar-refractivity contribution in [2.24, 2.45) is 4.99 Å². The summed E-state index contributed by atoms with van der Waals surface area (Å²) in [5.74, 6) is 2.21. The molecule has 1 aromatic rings. The highest BCUT2D eigenvalue weighted by atomic mass is 32.2. The summed E-state index contributed by atoms with van der Waals surface area (Å²) < 4.78 is 0.433. The largest absolute Gasteiger partial charge is 0.352 e. The molecule has 0 bridgehead atoms. The molecule has 0 aromatic heterocycles. The summed E-state index contributed by atoms with van der Waals surface area (Å²) in [4.78, 5) is 20.6. The van der Waals surface area contributed by atoms with Crippen molar-refractivity contribution in [3.8, 4) is 0 Å². The van der Waals surface area contributed by atoms with Crippen LogP contribution in [-0.2, 0) is 6.54 Å². The highest BCUT2D eigenvalue weighted by molar-refractivity contribution is 8.00. The van der Waals surface area contributed by atoms with E-state index in [4.69, 9.17) is 0 Å². The van der Waals surface area contributed by atoms with Crippen LogP contribution in [0.5, 0.6) is 0 Å². The third kappa shape index (κ3) is 4.98. The topological polar surface area (TPSA) is 47.9 Å². The summed E-state index contributed by atoms with van der Waals surface area (Å²) in [6.45, 7) is 2.88. The monoisotopic (exact) mass is 388 g/mol. The molecule has 1 saturated heterocycles. The Kier molecular flexibility index (Phi) is 6.68. The van der Waals surface area contributed by atoms with Crippen LogP contribution in [0, 0.1) is 0 Å². The van der Waals surface area contributed by atoms with E-state index >= 15 is 0 Å². The van der Waals surface area contributed by atoms with E-state index in [9.17, 15) is 4.79 Å². The maximum absolute atomic E-state index is 12.0. The molecule has 1 heterocycles. The van der Waals surface area contributed by atoms with E-state index in [1.165, 1.54) is 37.9 Å². The number of thioether (sulfide) groups is 1. The van der Waals surface area contributed by atoms with Gasteiger partial charge in [0, 0.05) is 56.8 Å². The van der Waals surface area contributed by atoms with E-state index in [0.29, 0.717) is 4.75 Å². The Morgan fingerprint density at radius 3 is 2.56 bits per heavy atom. The molecule has 1 spiro atoms. The van der Waals surface area contributed by atoms with Gasteiger partial charge in [0.2, 0.25) is 0 Å². The first-order valence-corrected chi connectivity index (χ1v) is 10.9. The molecule has 1 N–H and O–H groups in total. The first-order chi connectivity index (χ1) is 13.0. The first kappa shape index (κ1) is 20.1. The lowest BCUT2D eigenvalue weighted by atomic mass is 9.87. The van der Waals surface area contributed by atoms with Crippen LogP contribution in [0.1, 0.15) is 48.0 Å². The molecule has 5 nitrogen and oxygen atoms in total. The van der Waals surface area contributed by atoms with Gasteiger partial charge in [-0.25, -0.2) is 0 Å². The Hall–Kier alpha value is -1.69. The number of nitrogens with zero attached hydrogens (tertiary/aromatic N) is 3. The number of guanidine groups is 1. The minimum Gasteiger partial charge on any atom is -0.352 e. The van der Waals surface area contributed by atoms with Crippen LogP contribution < -0.4 is 5.32 Å². The zero-order chi connectivity index (χ0) is 19.3. The smallest absolute Gasteiger partial charge is 0.253 e. The average Bonchev–Trinajstić information content (AvgIpc) is 2.69. The number of hydrogen-bond donors (Lipinski definition) is 1. The predicted molar refractivity (Wildman–Crippen MR) is 115 cm³/mol. The van der Waals surface area contributed by atoms with E-state index in [2.05, 4.69) is 27.0 Å². The molecule has 6 heteroatoms. The maximum atomic E-state index is 12.0. The van der Waals surface area contributed by atoms with Crippen molar-refractivity contribution in [1.29, 1.82) is 0 Å². The van der Waals surface area contributed by atoms with E-state index in [1.807, 2.05) is 31.3 Å². The SMILES string of the molecule is CN=C(NCc1ccc(C(=O)N(C)C)cc1)N1CCSC2(CCCCC2)C1. The fourth-order valence-corrected chi connectivity index (χ4v) is 5.63. The first-order valence-electron chi connectivity index (χ1n) is 9.93. The van der Waals surface area contributed by atoms with Crippen LogP contribution in [0.3, 0.4) is 0 Å². The van der Waals surface area contributed by atoms with Crippen molar-refractivity contribution in [2.45, 2.75) is 43.4 Å².